The van der Waals surface area contributed by atoms with E-state index < -0.39 is 48.2 Å². The van der Waals surface area contributed by atoms with Gasteiger partial charge in [0.1, 0.15) is 11.5 Å². The first-order chi connectivity index (χ1) is 17.2. The lowest BCUT2D eigenvalue weighted by atomic mass is 9.83. The van der Waals surface area contributed by atoms with Gasteiger partial charge in [0.25, 0.3) is 5.91 Å². The van der Waals surface area contributed by atoms with E-state index in [1.54, 1.807) is 25.1 Å². The van der Waals surface area contributed by atoms with Crippen LogP contribution in [0.4, 0.5) is 27.8 Å². The first kappa shape index (κ1) is 26.8. The smallest absolute Gasteiger partial charge is 0.372 e. The van der Waals surface area contributed by atoms with Gasteiger partial charge in [-0.1, -0.05) is 6.07 Å². The molecule has 3 aromatic heterocycles. The lowest BCUT2D eigenvalue weighted by Gasteiger charge is -2.52. The zero-order chi connectivity index (χ0) is 27.2. The number of carbonyl (C=O) groups excluding carboxylic acids is 1. The number of ether oxygens (including phenoxy) is 1. The van der Waals surface area contributed by atoms with Crippen molar-refractivity contribution < 1.29 is 36.6 Å². The fraction of sp³-hybridized carbons (Fsp3) is 0.381. The molecule has 1 aliphatic rings. The van der Waals surface area contributed by atoms with Crippen molar-refractivity contribution in [1.29, 1.82) is 0 Å². The number of thiazole rings is 1. The van der Waals surface area contributed by atoms with Crippen LogP contribution in [0.5, 0.6) is 0 Å². The van der Waals surface area contributed by atoms with Gasteiger partial charge in [-0.3, -0.25) is 9.78 Å². The molecule has 4 heterocycles. The summed E-state index contributed by atoms with van der Waals surface area (Å²) < 4.78 is 72.3. The maximum absolute atomic E-state index is 14.7. The SMILES string of the molecule is [B]C1(O)N(C(=O)c2nc(C)sc2-c2ccccn2)C(CNc2cnc(C(F)(F)F)cn2)C(C)OC1(F)F. The number of anilines is 1. The fourth-order valence-corrected chi connectivity index (χ4v) is 4.58. The van der Waals surface area contributed by atoms with Crippen LogP contribution in [0.25, 0.3) is 10.6 Å². The Morgan fingerprint density at radius 3 is 2.59 bits per heavy atom. The number of aryl methyl sites for hydroxylation is 1. The molecule has 0 aliphatic carbocycles. The van der Waals surface area contributed by atoms with E-state index in [9.17, 15) is 31.9 Å². The molecule has 3 atom stereocenters. The molecule has 0 spiro atoms. The lowest BCUT2D eigenvalue weighted by Crippen LogP contribution is -2.74. The van der Waals surface area contributed by atoms with Gasteiger partial charge >= 0.3 is 12.3 Å². The molecule has 2 radical (unpaired) electrons. The predicted octanol–water partition coefficient (Wildman–Crippen LogP) is 3.07. The molecule has 2 N–H and O–H groups in total. The van der Waals surface area contributed by atoms with E-state index in [2.05, 4.69) is 30.0 Å². The lowest BCUT2D eigenvalue weighted by molar-refractivity contribution is -0.381. The van der Waals surface area contributed by atoms with Crippen LogP contribution in [0.1, 0.15) is 28.1 Å². The molecule has 0 aromatic carbocycles. The van der Waals surface area contributed by atoms with Crippen molar-refractivity contribution in [2.75, 3.05) is 11.9 Å². The van der Waals surface area contributed by atoms with Crippen molar-refractivity contribution in [3.63, 3.8) is 0 Å². The van der Waals surface area contributed by atoms with Crippen molar-refractivity contribution in [3.8, 4) is 10.6 Å². The van der Waals surface area contributed by atoms with Crippen molar-refractivity contribution in [2.24, 2.45) is 0 Å². The largest absolute Gasteiger partial charge is 0.434 e. The highest BCUT2D eigenvalue weighted by molar-refractivity contribution is 7.15. The van der Waals surface area contributed by atoms with Crippen LogP contribution < -0.4 is 5.32 Å². The number of halogens is 5. The Kier molecular flexibility index (Phi) is 6.94. The van der Waals surface area contributed by atoms with E-state index >= 15 is 0 Å². The molecule has 0 saturated carbocycles. The van der Waals surface area contributed by atoms with Crippen LogP contribution in [-0.2, 0) is 10.9 Å². The van der Waals surface area contributed by atoms with E-state index in [1.807, 2.05) is 0 Å². The minimum Gasteiger partial charge on any atom is -0.372 e. The molecular formula is C21H18BF5N6O3S. The van der Waals surface area contributed by atoms with Gasteiger partial charge in [-0.25, -0.2) is 15.0 Å². The molecule has 1 fully saturated rings. The van der Waals surface area contributed by atoms with Crippen LogP contribution in [0.2, 0.25) is 0 Å². The number of alkyl halides is 5. The van der Waals surface area contributed by atoms with Gasteiger partial charge in [0, 0.05) is 12.7 Å². The number of hydrogen-bond acceptors (Lipinski definition) is 9. The normalized spacial score (nSPS) is 23.6. The molecule has 3 aromatic rings. The van der Waals surface area contributed by atoms with Crippen LogP contribution >= 0.6 is 11.3 Å². The minimum absolute atomic E-state index is 0.149. The van der Waals surface area contributed by atoms with Gasteiger partial charge in [-0.2, -0.15) is 22.0 Å². The Morgan fingerprint density at radius 1 is 1.27 bits per heavy atom. The number of nitrogens with one attached hydrogen (secondary N) is 1. The van der Waals surface area contributed by atoms with Gasteiger partial charge in [-0.15, -0.1) is 11.3 Å². The number of aliphatic hydroxyl groups is 1. The fourth-order valence-electron chi connectivity index (χ4n) is 3.70. The number of hydrogen-bond donors (Lipinski definition) is 2. The van der Waals surface area contributed by atoms with E-state index in [4.69, 9.17) is 7.85 Å². The summed E-state index contributed by atoms with van der Waals surface area (Å²) in [6, 6.07) is 3.56. The molecule has 37 heavy (non-hydrogen) atoms. The highest BCUT2D eigenvalue weighted by Crippen LogP contribution is 2.41. The summed E-state index contributed by atoms with van der Waals surface area (Å²) in [5, 5.41) is 13.7. The number of morpholine rings is 1. The molecule has 9 nitrogen and oxygen atoms in total. The van der Waals surface area contributed by atoms with Crippen molar-refractivity contribution in [1.82, 2.24) is 24.8 Å². The summed E-state index contributed by atoms with van der Waals surface area (Å²) in [4.78, 5) is 29.5. The Morgan fingerprint density at radius 2 is 2.00 bits per heavy atom. The summed E-state index contributed by atoms with van der Waals surface area (Å²) in [5.74, 6) is -1.28. The molecular weight excluding hydrogens is 522 g/mol. The Bertz CT molecular complexity index is 1280. The van der Waals surface area contributed by atoms with Gasteiger partial charge in [0.15, 0.2) is 19.2 Å². The van der Waals surface area contributed by atoms with Gasteiger partial charge in [-0.05, 0) is 26.0 Å². The number of nitrogens with zero attached hydrogens (tertiary/aromatic N) is 5. The van der Waals surface area contributed by atoms with Gasteiger partial charge in [0.05, 0.1) is 40.1 Å². The number of aromatic nitrogens is 4. The first-order valence-corrected chi connectivity index (χ1v) is 11.5. The molecule has 1 saturated heterocycles. The van der Waals surface area contributed by atoms with Crippen LogP contribution in [0.3, 0.4) is 0 Å². The van der Waals surface area contributed by atoms with Gasteiger partial charge in [0.2, 0.25) is 0 Å². The quantitative estimate of drug-likeness (QED) is 0.375. The Labute approximate surface area is 212 Å². The third-order valence-corrected chi connectivity index (χ3v) is 6.48. The van der Waals surface area contributed by atoms with Crippen molar-refractivity contribution in [2.45, 2.75) is 43.9 Å². The zero-order valence-corrected chi connectivity index (χ0v) is 20.0. The number of amides is 1. The zero-order valence-electron chi connectivity index (χ0n) is 19.2. The molecule has 1 aliphatic heterocycles. The highest BCUT2D eigenvalue weighted by Gasteiger charge is 2.63. The number of carbonyl (C=O) groups is 1. The molecule has 4 rings (SSSR count). The van der Waals surface area contributed by atoms with Crippen LogP contribution in [0.15, 0.2) is 36.8 Å². The topological polar surface area (TPSA) is 113 Å². The summed E-state index contributed by atoms with van der Waals surface area (Å²) in [7, 11) is 5.59. The first-order valence-electron chi connectivity index (χ1n) is 10.6. The number of rotatable bonds is 5. The molecule has 3 unspecified atom stereocenters. The van der Waals surface area contributed by atoms with E-state index in [1.165, 1.54) is 13.1 Å². The third kappa shape index (κ3) is 5.13. The molecule has 194 valence electrons. The molecule has 16 heteroatoms. The minimum atomic E-state index is -4.71. The Hall–Kier alpha value is -3.24. The summed E-state index contributed by atoms with van der Waals surface area (Å²) in [5.41, 5.74) is -4.76. The van der Waals surface area contributed by atoms with Crippen molar-refractivity contribution >= 4 is 30.9 Å². The summed E-state index contributed by atoms with van der Waals surface area (Å²) in [6.07, 6.45) is -7.73. The molecule has 1 amide bonds. The number of pyridine rings is 1. The van der Waals surface area contributed by atoms with E-state index in [0.717, 1.165) is 17.5 Å². The van der Waals surface area contributed by atoms with Crippen molar-refractivity contribution in [3.05, 3.63) is 53.2 Å². The maximum Gasteiger partial charge on any atom is 0.434 e. The third-order valence-electron chi connectivity index (χ3n) is 5.49. The average molecular weight is 540 g/mol. The second-order valence-corrected chi connectivity index (χ2v) is 9.30. The standard InChI is InChI=1S/C21H18BF5N6O3S/c1-10-13(7-30-15-9-29-14(8-31-15)19(23,24)25)33(20(22,35)21(26,27)36-10)18(34)16-17(37-11(2)32-16)12-5-3-4-6-28-12/h3-6,8-10,13,35H,7H2,1-2H3,(H,30,31). The van der Waals surface area contributed by atoms with Crippen LogP contribution in [-0.4, -0.2) is 74.1 Å². The van der Waals surface area contributed by atoms with E-state index in [-0.39, 0.29) is 16.4 Å². The van der Waals surface area contributed by atoms with E-state index in [0.29, 0.717) is 21.8 Å². The van der Waals surface area contributed by atoms with Crippen LogP contribution in [0, 0.1) is 6.92 Å². The molecule has 0 bridgehead atoms. The van der Waals surface area contributed by atoms with Gasteiger partial charge < -0.3 is 20.1 Å². The second kappa shape index (κ2) is 9.57. The predicted molar refractivity (Wildman–Crippen MR) is 122 cm³/mol. The monoisotopic (exact) mass is 540 g/mol. The summed E-state index contributed by atoms with van der Waals surface area (Å²) in [6.45, 7) is 2.42. The Balaban J connectivity index is 1.69. The summed E-state index contributed by atoms with van der Waals surface area (Å²) >= 11 is 1.09. The highest BCUT2D eigenvalue weighted by atomic mass is 32.1. The average Bonchev–Trinajstić information content (AvgIpc) is 3.22. The maximum atomic E-state index is 14.7. The second-order valence-electron chi connectivity index (χ2n) is 8.10.